The van der Waals surface area contributed by atoms with Crippen molar-refractivity contribution in [3.63, 3.8) is 0 Å². The lowest BCUT2D eigenvalue weighted by atomic mass is 10.2. The molecule has 0 spiro atoms. The van der Waals surface area contributed by atoms with E-state index in [0.29, 0.717) is 11.6 Å². The van der Waals surface area contributed by atoms with E-state index in [-0.39, 0.29) is 11.5 Å². The van der Waals surface area contributed by atoms with Gasteiger partial charge in [-0.1, -0.05) is 23.4 Å². The minimum Gasteiger partial charge on any atom is -0.334 e. The molecule has 0 aliphatic carbocycles. The summed E-state index contributed by atoms with van der Waals surface area (Å²) in [5.74, 6) is 1.30. The minimum atomic E-state index is -0.546. The Morgan fingerprint density at radius 3 is 2.80 bits per heavy atom. The molecule has 1 aromatic carbocycles. The molecule has 126 valence electrons. The Hall–Kier alpha value is -2.52. The molecule has 0 aliphatic heterocycles. The number of rotatable bonds is 4. The fourth-order valence-electron chi connectivity index (χ4n) is 2.41. The van der Waals surface area contributed by atoms with E-state index in [0.717, 1.165) is 10.7 Å². The van der Waals surface area contributed by atoms with Gasteiger partial charge in [-0.3, -0.25) is 0 Å². The topological polar surface area (TPSA) is 69.6 Å². The maximum Gasteiger partial charge on any atom is 0.260 e. The van der Waals surface area contributed by atoms with Crippen molar-refractivity contribution in [2.75, 3.05) is 0 Å². The highest BCUT2D eigenvalue weighted by molar-refractivity contribution is 7.80. The fraction of sp³-hybridized carbons (Fsp3) is 0.125. The molecule has 0 N–H and O–H groups in total. The van der Waals surface area contributed by atoms with E-state index < -0.39 is 11.1 Å². The van der Waals surface area contributed by atoms with E-state index >= 15 is 0 Å². The maximum absolute atomic E-state index is 13.9. The number of aromatic nitrogens is 5. The molecular formula is C16H12FN5OS2. The van der Waals surface area contributed by atoms with Gasteiger partial charge in [-0.25, -0.2) is 4.39 Å². The van der Waals surface area contributed by atoms with E-state index in [1.54, 1.807) is 29.5 Å². The molecule has 4 aromatic rings. The van der Waals surface area contributed by atoms with Crippen LogP contribution < -0.4 is 0 Å². The van der Waals surface area contributed by atoms with Crippen LogP contribution in [0, 0.1) is 5.82 Å². The smallest absolute Gasteiger partial charge is 0.260 e. The molecule has 4 rings (SSSR count). The van der Waals surface area contributed by atoms with Crippen LogP contribution in [0.5, 0.6) is 0 Å². The number of thiol groups is 1. The Kier molecular flexibility index (Phi) is 4.10. The molecule has 0 bridgehead atoms. The first kappa shape index (κ1) is 16.0. The molecule has 0 aliphatic rings. The Balaban J connectivity index is 1.67. The van der Waals surface area contributed by atoms with Gasteiger partial charge in [0.15, 0.2) is 17.5 Å². The second-order valence-electron chi connectivity index (χ2n) is 5.26. The highest BCUT2D eigenvalue weighted by Crippen LogP contribution is 2.30. The maximum atomic E-state index is 13.9. The third kappa shape index (κ3) is 2.85. The average Bonchev–Trinajstić information content (AvgIpc) is 3.35. The molecule has 9 heteroatoms. The molecule has 25 heavy (non-hydrogen) atoms. The van der Waals surface area contributed by atoms with Crippen LogP contribution in [-0.2, 0) is 7.05 Å². The van der Waals surface area contributed by atoms with E-state index in [4.69, 9.17) is 4.52 Å². The molecule has 0 saturated heterocycles. The Morgan fingerprint density at radius 2 is 2.04 bits per heavy atom. The molecule has 0 fully saturated rings. The number of hydrogen-bond acceptors (Lipinski definition) is 7. The fourth-order valence-corrected chi connectivity index (χ4v) is 3.48. The van der Waals surface area contributed by atoms with Crippen molar-refractivity contribution in [1.29, 1.82) is 0 Å². The second-order valence-corrected chi connectivity index (χ2v) is 6.72. The summed E-state index contributed by atoms with van der Waals surface area (Å²) in [7, 11) is 1.85. The van der Waals surface area contributed by atoms with Gasteiger partial charge in [-0.2, -0.15) is 17.6 Å². The summed E-state index contributed by atoms with van der Waals surface area (Å²) in [6, 6.07) is 10.1. The summed E-state index contributed by atoms with van der Waals surface area (Å²) < 4.78 is 20.9. The lowest BCUT2D eigenvalue weighted by Crippen LogP contribution is -2.05. The zero-order valence-electron chi connectivity index (χ0n) is 13.0. The average molecular weight is 373 g/mol. The van der Waals surface area contributed by atoms with Gasteiger partial charge in [0, 0.05) is 7.05 Å². The summed E-state index contributed by atoms with van der Waals surface area (Å²) in [6.45, 7) is 0. The molecule has 0 amide bonds. The number of benzene rings is 1. The summed E-state index contributed by atoms with van der Waals surface area (Å²) in [6.07, 6.45) is 0. The van der Waals surface area contributed by atoms with Crippen LogP contribution in [0.15, 0.2) is 46.3 Å². The van der Waals surface area contributed by atoms with Gasteiger partial charge in [0.05, 0.1) is 10.4 Å². The molecule has 1 unspecified atom stereocenters. The predicted octanol–water partition coefficient (Wildman–Crippen LogP) is 3.75. The van der Waals surface area contributed by atoms with Gasteiger partial charge in [0.25, 0.3) is 5.89 Å². The summed E-state index contributed by atoms with van der Waals surface area (Å²) in [5.41, 5.74) is 0.249. The number of hydrogen-bond donors (Lipinski definition) is 1. The molecule has 3 heterocycles. The minimum absolute atomic E-state index is 0.104. The normalized spacial score (nSPS) is 12.4. The van der Waals surface area contributed by atoms with E-state index in [9.17, 15) is 4.39 Å². The Labute approximate surface area is 151 Å². The SMILES string of the molecule is Cn1c(-c2cccs2)nnc1C(S)c1noc(-c2ccccc2F)n1. The van der Waals surface area contributed by atoms with Crippen LogP contribution in [0.1, 0.15) is 16.9 Å². The lowest BCUT2D eigenvalue weighted by Gasteiger charge is -2.06. The molecular weight excluding hydrogens is 361 g/mol. The van der Waals surface area contributed by atoms with Gasteiger partial charge in [-0.05, 0) is 23.6 Å². The lowest BCUT2D eigenvalue weighted by molar-refractivity contribution is 0.420. The third-order valence-electron chi connectivity index (χ3n) is 3.69. The van der Waals surface area contributed by atoms with E-state index in [2.05, 4.69) is 33.0 Å². The van der Waals surface area contributed by atoms with E-state index in [1.165, 1.54) is 6.07 Å². The highest BCUT2D eigenvalue weighted by atomic mass is 32.1. The van der Waals surface area contributed by atoms with Gasteiger partial charge < -0.3 is 9.09 Å². The molecule has 6 nitrogen and oxygen atoms in total. The van der Waals surface area contributed by atoms with Crippen molar-refractivity contribution >= 4 is 24.0 Å². The zero-order valence-corrected chi connectivity index (χ0v) is 14.7. The zero-order chi connectivity index (χ0) is 17.4. The monoisotopic (exact) mass is 373 g/mol. The standard InChI is InChI=1S/C16H12FN5OS2/c1-22-14(11-7-4-8-25-11)19-20-15(22)12(24)13-18-16(23-21-13)9-5-2-3-6-10(9)17/h2-8,12,24H,1H3. The van der Waals surface area contributed by atoms with Gasteiger partial charge in [0.1, 0.15) is 11.1 Å². The van der Waals surface area contributed by atoms with Crippen molar-refractivity contribution in [2.45, 2.75) is 5.25 Å². The number of thiophene rings is 1. The van der Waals surface area contributed by atoms with Crippen LogP contribution in [0.3, 0.4) is 0 Å². The van der Waals surface area contributed by atoms with Crippen molar-refractivity contribution in [2.24, 2.45) is 7.05 Å². The van der Waals surface area contributed by atoms with Gasteiger partial charge >= 0.3 is 0 Å². The van der Waals surface area contributed by atoms with Crippen LogP contribution in [-0.4, -0.2) is 24.9 Å². The molecule has 1 atom stereocenters. The first-order valence-corrected chi connectivity index (χ1v) is 8.74. The predicted molar refractivity (Wildman–Crippen MR) is 94.8 cm³/mol. The van der Waals surface area contributed by atoms with Crippen molar-refractivity contribution in [3.05, 3.63) is 59.2 Å². The van der Waals surface area contributed by atoms with Crippen LogP contribution >= 0.6 is 24.0 Å². The van der Waals surface area contributed by atoms with Crippen LogP contribution in [0.4, 0.5) is 4.39 Å². The van der Waals surface area contributed by atoms with E-state index in [1.807, 2.05) is 29.1 Å². The summed E-state index contributed by atoms with van der Waals surface area (Å²) in [4.78, 5) is 5.26. The highest BCUT2D eigenvalue weighted by Gasteiger charge is 2.24. The number of halogens is 1. The van der Waals surface area contributed by atoms with Gasteiger partial charge in [0.2, 0.25) is 0 Å². The third-order valence-corrected chi connectivity index (χ3v) is 5.01. The summed E-state index contributed by atoms with van der Waals surface area (Å²) >= 11 is 6.12. The van der Waals surface area contributed by atoms with Gasteiger partial charge in [-0.15, -0.1) is 21.5 Å². The van der Waals surface area contributed by atoms with Crippen molar-refractivity contribution in [1.82, 2.24) is 24.9 Å². The summed E-state index contributed by atoms with van der Waals surface area (Å²) in [5, 5.41) is 13.8. The molecule has 0 saturated carbocycles. The Morgan fingerprint density at radius 1 is 1.20 bits per heavy atom. The number of nitrogens with zero attached hydrogens (tertiary/aromatic N) is 5. The largest absolute Gasteiger partial charge is 0.334 e. The molecule has 3 aromatic heterocycles. The van der Waals surface area contributed by atoms with Crippen LogP contribution in [0.25, 0.3) is 22.2 Å². The molecule has 0 radical (unpaired) electrons. The first-order valence-electron chi connectivity index (χ1n) is 7.35. The van der Waals surface area contributed by atoms with Crippen molar-refractivity contribution < 1.29 is 8.91 Å². The van der Waals surface area contributed by atoms with Crippen molar-refractivity contribution in [3.8, 4) is 22.2 Å². The first-order chi connectivity index (χ1) is 12.1. The van der Waals surface area contributed by atoms with Crippen LogP contribution in [0.2, 0.25) is 0 Å². The quantitative estimate of drug-likeness (QED) is 0.552. The second kappa shape index (κ2) is 6.41. The Bertz CT molecular complexity index is 1010.